The predicted octanol–water partition coefficient (Wildman–Crippen LogP) is 0.424. The van der Waals surface area contributed by atoms with E-state index in [0.29, 0.717) is 17.8 Å². The molecule has 0 radical (unpaired) electrons. The molecule has 8 nitrogen and oxygen atoms in total. The largest absolute Gasteiger partial charge is 0.393 e. The number of hydrogen-bond donors (Lipinski definition) is 3. The van der Waals surface area contributed by atoms with Gasteiger partial charge in [0.25, 0.3) is 0 Å². The van der Waals surface area contributed by atoms with Gasteiger partial charge in [0.15, 0.2) is 0 Å². The van der Waals surface area contributed by atoms with Crippen molar-refractivity contribution in [1.29, 1.82) is 0 Å². The minimum atomic E-state index is -0.212. The Morgan fingerprint density at radius 3 is 2.75 bits per heavy atom. The number of hydrogen-bond acceptors (Lipinski definition) is 7. The molecule has 106 valence electrons. The van der Waals surface area contributed by atoms with Crippen LogP contribution in [0.3, 0.4) is 0 Å². The Hall–Kier alpha value is -2.22. The van der Waals surface area contributed by atoms with E-state index in [2.05, 4.69) is 30.6 Å². The molecule has 0 amide bonds. The average Bonchev–Trinajstić information content (AvgIpc) is 2.91. The van der Waals surface area contributed by atoms with E-state index in [0.717, 1.165) is 19.4 Å². The SMILES string of the molecule is CCNc1nc(NC2CC(O)C2)nc(-n2ccnc2)n1. The normalized spacial score (nSPS) is 21.3. The van der Waals surface area contributed by atoms with Crippen molar-refractivity contribution in [2.75, 3.05) is 17.2 Å². The molecule has 3 N–H and O–H groups in total. The number of nitrogens with zero attached hydrogens (tertiary/aromatic N) is 5. The summed E-state index contributed by atoms with van der Waals surface area (Å²) in [6.07, 6.45) is 6.33. The molecule has 2 heterocycles. The van der Waals surface area contributed by atoms with Gasteiger partial charge in [-0.2, -0.15) is 15.0 Å². The van der Waals surface area contributed by atoms with Gasteiger partial charge >= 0.3 is 0 Å². The van der Waals surface area contributed by atoms with Crippen LogP contribution in [-0.4, -0.2) is 48.3 Å². The zero-order chi connectivity index (χ0) is 13.9. The van der Waals surface area contributed by atoms with Crippen molar-refractivity contribution < 1.29 is 5.11 Å². The van der Waals surface area contributed by atoms with Gasteiger partial charge in [-0.25, -0.2) is 4.98 Å². The Balaban J connectivity index is 1.84. The van der Waals surface area contributed by atoms with Crippen LogP contribution < -0.4 is 10.6 Å². The summed E-state index contributed by atoms with van der Waals surface area (Å²) in [5.74, 6) is 1.54. The van der Waals surface area contributed by atoms with Crippen molar-refractivity contribution in [3.63, 3.8) is 0 Å². The topological polar surface area (TPSA) is 101 Å². The second kappa shape index (κ2) is 5.41. The highest BCUT2D eigenvalue weighted by molar-refractivity contribution is 5.39. The van der Waals surface area contributed by atoms with Gasteiger partial charge in [0.1, 0.15) is 6.33 Å². The van der Waals surface area contributed by atoms with Gasteiger partial charge in [-0.15, -0.1) is 0 Å². The molecule has 2 aromatic heterocycles. The van der Waals surface area contributed by atoms with Crippen LogP contribution in [0.2, 0.25) is 0 Å². The number of nitrogens with one attached hydrogen (secondary N) is 2. The zero-order valence-electron chi connectivity index (χ0n) is 11.2. The molecule has 0 saturated heterocycles. The Labute approximate surface area is 116 Å². The molecule has 1 aliphatic rings. The predicted molar refractivity (Wildman–Crippen MR) is 73.8 cm³/mol. The lowest BCUT2D eigenvalue weighted by molar-refractivity contribution is 0.0834. The Morgan fingerprint density at radius 2 is 2.10 bits per heavy atom. The third-order valence-electron chi connectivity index (χ3n) is 3.14. The molecule has 20 heavy (non-hydrogen) atoms. The average molecular weight is 275 g/mol. The van der Waals surface area contributed by atoms with E-state index in [1.54, 1.807) is 23.3 Å². The molecule has 0 unspecified atom stereocenters. The highest BCUT2D eigenvalue weighted by atomic mass is 16.3. The van der Waals surface area contributed by atoms with Crippen LogP contribution >= 0.6 is 0 Å². The summed E-state index contributed by atoms with van der Waals surface area (Å²) in [6.45, 7) is 2.71. The van der Waals surface area contributed by atoms with E-state index in [9.17, 15) is 5.11 Å². The van der Waals surface area contributed by atoms with Crippen molar-refractivity contribution in [2.45, 2.75) is 31.9 Å². The van der Waals surface area contributed by atoms with Crippen LogP contribution in [0.1, 0.15) is 19.8 Å². The van der Waals surface area contributed by atoms with Crippen LogP contribution in [0.25, 0.3) is 5.95 Å². The minimum absolute atomic E-state index is 0.212. The molecule has 0 atom stereocenters. The number of anilines is 2. The Kier molecular flexibility index (Phi) is 3.46. The molecule has 1 saturated carbocycles. The number of imidazole rings is 1. The third-order valence-corrected chi connectivity index (χ3v) is 3.14. The highest BCUT2D eigenvalue weighted by Crippen LogP contribution is 2.23. The molecule has 1 aliphatic carbocycles. The fourth-order valence-electron chi connectivity index (χ4n) is 2.05. The number of rotatable bonds is 5. The lowest BCUT2D eigenvalue weighted by Crippen LogP contribution is -2.39. The Bertz CT molecular complexity index is 565. The zero-order valence-corrected chi connectivity index (χ0v) is 11.2. The van der Waals surface area contributed by atoms with Gasteiger partial charge in [-0.3, -0.25) is 4.57 Å². The Morgan fingerprint density at radius 1 is 1.30 bits per heavy atom. The molecule has 8 heteroatoms. The van der Waals surface area contributed by atoms with Gasteiger partial charge in [0, 0.05) is 25.0 Å². The van der Waals surface area contributed by atoms with E-state index in [1.165, 1.54) is 0 Å². The number of aromatic nitrogens is 5. The maximum atomic E-state index is 9.32. The second-order valence-corrected chi connectivity index (χ2v) is 4.75. The van der Waals surface area contributed by atoms with E-state index in [1.807, 2.05) is 6.92 Å². The molecule has 0 bridgehead atoms. The summed E-state index contributed by atoms with van der Waals surface area (Å²) in [4.78, 5) is 17.0. The van der Waals surface area contributed by atoms with Crippen molar-refractivity contribution in [3.05, 3.63) is 18.7 Å². The van der Waals surface area contributed by atoms with Crippen LogP contribution in [0.4, 0.5) is 11.9 Å². The van der Waals surface area contributed by atoms with Gasteiger partial charge in [0.2, 0.25) is 17.8 Å². The van der Waals surface area contributed by atoms with Gasteiger partial charge < -0.3 is 15.7 Å². The van der Waals surface area contributed by atoms with Crippen molar-refractivity contribution >= 4 is 11.9 Å². The van der Waals surface area contributed by atoms with E-state index >= 15 is 0 Å². The van der Waals surface area contributed by atoms with Crippen LogP contribution in [-0.2, 0) is 0 Å². The van der Waals surface area contributed by atoms with Crippen molar-refractivity contribution in [1.82, 2.24) is 24.5 Å². The molecule has 0 spiro atoms. The first-order chi connectivity index (χ1) is 9.74. The smallest absolute Gasteiger partial charge is 0.241 e. The summed E-state index contributed by atoms with van der Waals surface area (Å²) in [5, 5.41) is 15.6. The molecular formula is C12H17N7O. The maximum absolute atomic E-state index is 9.32. The summed E-state index contributed by atoms with van der Waals surface area (Å²) in [7, 11) is 0. The second-order valence-electron chi connectivity index (χ2n) is 4.75. The van der Waals surface area contributed by atoms with Crippen LogP contribution in [0.5, 0.6) is 0 Å². The standard InChI is InChI=1S/C12H17N7O/c1-2-14-10-16-11(15-8-5-9(20)6-8)18-12(17-10)19-4-3-13-7-19/h3-4,7-9,20H,2,5-6H2,1H3,(H2,14,15,16,17,18). The fraction of sp³-hybridized carbons (Fsp3) is 0.500. The maximum Gasteiger partial charge on any atom is 0.241 e. The monoisotopic (exact) mass is 275 g/mol. The first-order valence-electron chi connectivity index (χ1n) is 6.67. The van der Waals surface area contributed by atoms with Crippen molar-refractivity contribution in [2.24, 2.45) is 0 Å². The first-order valence-corrected chi connectivity index (χ1v) is 6.67. The number of aliphatic hydroxyl groups excluding tert-OH is 1. The van der Waals surface area contributed by atoms with Crippen LogP contribution in [0.15, 0.2) is 18.7 Å². The summed E-state index contributed by atoms with van der Waals surface area (Å²) >= 11 is 0. The number of aliphatic hydroxyl groups is 1. The van der Waals surface area contributed by atoms with Gasteiger partial charge in [0.05, 0.1) is 6.10 Å². The highest BCUT2D eigenvalue weighted by Gasteiger charge is 2.27. The molecule has 0 aliphatic heterocycles. The summed E-state index contributed by atoms with van der Waals surface area (Å²) in [5.41, 5.74) is 0. The molecule has 0 aromatic carbocycles. The fourth-order valence-corrected chi connectivity index (χ4v) is 2.05. The quantitative estimate of drug-likeness (QED) is 0.727. The lowest BCUT2D eigenvalue weighted by atomic mass is 9.90. The van der Waals surface area contributed by atoms with Crippen molar-refractivity contribution in [3.8, 4) is 5.95 Å². The summed E-state index contributed by atoms with van der Waals surface area (Å²) in [6, 6.07) is 0.220. The van der Waals surface area contributed by atoms with Crippen LogP contribution in [0, 0.1) is 0 Å². The van der Waals surface area contributed by atoms with Gasteiger partial charge in [-0.05, 0) is 19.8 Å². The molecular weight excluding hydrogens is 258 g/mol. The van der Waals surface area contributed by atoms with E-state index < -0.39 is 0 Å². The molecule has 2 aromatic rings. The van der Waals surface area contributed by atoms with E-state index in [4.69, 9.17) is 0 Å². The minimum Gasteiger partial charge on any atom is -0.393 e. The first kappa shape index (κ1) is 12.8. The molecule has 1 fully saturated rings. The molecule has 3 rings (SSSR count). The van der Waals surface area contributed by atoms with Gasteiger partial charge in [-0.1, -0.05) is 0 Å². The third kappa shape index (κ3) is 2.69. The summed E-state index contributed by atoms with van der Waals surface area (Å²) < 4.78 is 1.73. The lowest BCUT2D eigenvalue weighted by Gasteiger charge is -2.31. The van der Waals surface area contributed by atoms with E-state index in [-0.39, 0.29) is 12.1 Å².